The monoisotopic (exact) mass is 464 g/mol. The van der Waals surface area contributed by atoms with E-state index >= 15 is 0 Å². The summed E-state index contributed by atoms with van der Waals surface area (Å²) in [5, 5.41) is 0. The van der Waals surface area contributed by atoms with Crippen molar-refractivity contribution < 1.29 is 0 Å². The molecule has 0 saturated heterocycles. The van der Waals surface area contributed by atoms with Gasteiger partial charge in [0.15, 0.2) is 0 Å². The summed E-state index contributed by atoms with van der Waals surface area (Å²) in [6, 6.07) is 19.0. The van der Waals surface area contributed by atoms with E-state index in [2.05, 4.69) is 110 Å². The minimum atomic E-state index is 0.154. The standard InChI is InChI=1S/C33H38.C2H6/c1-20-9-11-26-27-12-10-21(2)28-17-23(18-30(31(27)28)29(26)13-20)14-22-15-24(32(3,4)5)19-25(16-22)33(6,7)8;1-2/h9-13,15-16,18-19,23H,14,17H2,1-8H3;1-2H3. The van der Waals surface area contributed by atoms with Crippen molar-refractivity contribution in [2.24, 2.45) is 5.92 Å². The molecule has 5 rings (SSSR count). The number of benzene rings is 3. The molecule has 184 valence electrons. The first kappa shape index (κ1) is 25.5. The fraction of sp³-hybridized carbons (Fsp3) is 0.429. The van der Waals surface area contributed by atoms with Gasteiger partial charge in [-0.1, -0.05) is 116 Å². The Morgan fingerprint density at radius 3 is 1.91 bits per heavy atom. The molecule has 0 nitrogen and oxygen atoms in total. The van der Waals surface area contributed by atoms with Crippen molar-refractivity contribution in [2.45, 2.75) is 92.9 Å². The van der Waals surface area contributed by atoms with Crippen molar-refractivity contribution in [2.75, 3.05) is 0 Å². The number of fused-ring (bicyclic) bond motifs is 3. The Labute approximate surface area is 214 Å². The molecular weight excluding hydrogens is 420 g/mol. The van der Waals surface area contributed by atoms with Crippen molar-refractivity contribution >= 4 is 5.57 Å². The van der Waals surface area contributed by atoms with E-state index in [4.69, 9.17) is 0 Å². The maximum Gasteiger partial charge on any atom is -0.00671 e. The highest BCUT2D eigenvalue weighted by molar-refractivity contribution is 6.03. The van der Waals surface area contributed by atoms with Gasteiger partial charge in [-0.05, 0) is 99.1 Å². The molecule has 0 heteroatoms. The van der Waals surface area contributed by atoms with E-state index in [9.17, 15) is 0 Å². The van der Waals surface area contributed by atoms with Crippen LogP contribution in [0.5, 0.6) is 0 Å². The second-order valence-electron chi connectivity index (χ2n) is 12.5. The number of hydrogen-bond donors (Lipinski definition) is 0. The average molecular weight is 465 g/mol. The minimum Gasteiger partial charge on any atom is -0.0722 e. The van der Waals surface area contributed by atoms with Crippen molar-refractivity contribution in [3.05, 3.63) is 99.1 Å². The van der Waals surface area contributed by atoms with E-state index < -0.39 is 0 Å². The van der Waals surface area contributed by atoms with Gasteiger partial charge in [0, 0.05) is 0 Å². The maximum absolute atomic E-state index is 2.59. The minimum absolute atomic E-state index is 0.154. The van der Waals surface area contributed by atoms with E-state index in [0.29, 0.717) is 5.92 Å². The van der Waals surface area contributed by atoms with Crippen LogP contribution in [0, 0.1) is 19.8 Å². The molecule has 2 aliphatic rings. The van der Waals surface area contributed by atoms with E-state index in [0.717, 1.165) is 12.8 Å². The molecule has 0 aromatic heterocycles. The Kier molecular flexibility index (Phi) is 6.64. The van der Waals surface area contributed by atoms with Gasteiger partial charge in [-0.3, -0.25) is 0 Å². The third kappa shape index (κ3) is 4.77. The summed E-state index contributed by atoms with van der Waals surface area (Å²) in [7, 11) is 0. The first-order valence-electron chi connectivity index (χ1n) is 13.5. The topological polar surface area (TPSA) is 0 Å². The highest BCUT2D eigenvalue weighted by Gasteiger charge is 2.32. The van der Waals surface area contributed by atoms with Crippen LogP contribution in [0.25, 0.3) is 16.7 Å². The summed E-state index contributed by atoms with van der Waals surface area (Å²) in [6.07, 6.45) is 4.83. The fourth-order valence-electron chi connectivity index (χ4n) is 5.64. The number of hydrogen-bond acceptors (Lipinski definition) is 0. The van der Waals surface area contributed by atoms with Gasteiger partial charge in [0.25, 0.3) is 0 Å². The summed E-state index contributed by atoms with van der Waals surface area (Å²) in [5.74, 6) is 0.524. The molecule has 3 aromatic carbocycles. The third-order valence-corrected chi connectivity index (χ3v) is 7.66. The summed E-state index contributed by atoms with van der Waals surface area (Å²) in [4.78, 5) is 0. The zero-order chi connectivity index (χ0) is 25.7. The molecule has 0 fully saturated rings. The average Bonchev–Trinajstić information content (AvgIpc) is 3.09. The second-order valence-corrected chi connectivity index (χ2v) is 12.5. The Hall–Kier alpha value is -2.60. The van der Waals surface area contributed by atoms with Gasteiger partial charge < -0.3 is 0 Å². The molecule has 0 N–H and O–H groups in total. The Balaban J connectivity index is 0.00000141. The molecule has 0 amide bonds. The fourth-order valence-corrected chi connectivity index (χ4v) is 5.64. The molecule has 1 atom stereocenters. The molecule has 2 aliphatic carbocycles. The van der Waals surface area contributed by atoms with E-state index in [-0.39, 0.29) is 10.8 Å². The van der Waals surface area contributed by atoms with Gasteiger partial charge in [0.05, 0.1) is 0 Å². The van der Waals surface area contributed by atoms with Crippen LogP contribution in [0.3, 0.4) is 0 Å². The predicted molar refractivity (Wildman–Crippen MR) is 155 cm³/mol. The second kappa shape index (κ2) is 9.12. The molecular formula is C35H44. The lowest BCUT2D eigenvalue weighted by Crippen LogP contribution is -2.18. The summed E-state index contributed by atoms with van der Waals surface area (Å²) < 4.78 is 0. The lowest BCUT2D eigenvalue weighted by molar-refractivity contribution is 0.563. The maximum atomic E-state index is 2.59. The molecule has 0 bridgehead atoms. The molecule has 3 aromatic rings. The quantitative estimate of drug-likeness (QED) is 0.277. The number of aryl methyl sites for hydroxylation is 2. The molecule has 1 unspecified atom stereocenters. The van der Waals surface area contributed by atoms with Crippen molar-refractivity contribution in [3.8, 4) is 11.1 Å². The van der Waals surface area contributed by atoms with Crippen LogP contribution in [-0.2, 0) is 23.7 Å². The lowest BCUT2D eigenvalue weighted by Gasteiger charge is -2.28. The van der Waals surface area contributed by atoms with Crippen LogP contribution in [0.2, 0.25) is 0 Å². The normalized spacial score (nSPS) is 16.2. The van der Waals surface area contributed by atoms with Crippen LogP contribution in [0.15, 0.2) is 54.6 Å². The highest BCUT2D eigenvalue weighted by atomic mass is 14.4. The Morgan fingerprint density at radius 1 is 0.714 bits per heavy atom. The molecule has 0 radical (unpaired) electrons. The van der Waals surface area contributed by atoms with E-state index in [1.165, 1.54) is 55.6 Å². The third-order valence-electron chi connectivity index (χ3n) is 7.66. The Bertz CT molecular complexity index is 1250. The van der Waals surface area contributed by atoms with Crippen LogP contribution in [0.4, 0.5) is 0 Å². The summed E-state index contributed by atoms with van der Waals surface area (Å²) >= 11 is 0. The molecule has 0 heterocycles. The molecule has 0 aliphatic heterocycles. The van der Waals surface area contributed by atoms with Gasteiger partial charge in [0.1, 0.15) is 0 Å². The smallest absolute Gasteiger partial charge is 0.00671 e. The van der Waals surface area contributed by atoms with Crippen LogP contribution >= 0.6 is 0 Å². The first-order valence-corrected chi connectivity index (χ1v) is 13.5. The van der Waals surface area contributed by atoms with Crippen LogP contribution in [-0.4, -0.2) is 0 Å². The number of rotatable bonds is 2. The van der Waals surface area contributed by atoms with Crippen molar-refractivity contribution in [1.29, 1.82) is 0 Å². The van der Waals surface area contributed by atoms with Gasteiger partial charge in [-0.25, -0.2) is 0 Å². The van der Waals surface area contributed by atoms with Crippen molar-refractivity contribution in [1.82, 2.24) is 0 Å². The van der Waals surface area contributed by atoms with Gasteiger partial charge in [-0.2, -0.15) is 0 Å². The molecule has 35 heavy (non-hydrogen) atoms. The van der Waals surface area contributed by atoms with E-state index in [1.807, 2.05) is 13.8 Å². The highest BCUT2D eigenvalue weighted by Crippen LogP contribution is 2.50. The van der Waals surface area contributed by atoms with Crippen LogP contribution in [0.1, 0.15) is 99.9 Å². The van der Waals surface area contributed by atoms with E-state index in [1.54, 1.807) is 5.56 Å². The SMILES string of the molecule is CC.Cc1ccc2c(c1)C1=CC(Cc3cc(C(C)(C)C)cc(C(C)(C)C)c3)Cc3c(C)ccc-2c31. The lowest BCUT2D eigenvalue weighted by atomic mass is 9.76. The first-order chi connectivity index (χ1) is 16.4. The number of allylic oxidation sites excluding steroid dienone is 1. The van der Waals surface area contributed by atoms with Crippen LogP contribution < -0.4 is 0 Å². The molecule has 0 saturated carbocycles. The zero-order valence-corrected chi connectivity index (χ0v) is 23.7. The summed E-state index contributed by atoms with van der Waals surface area (Å²) in [6.45, 7) is 22.5. The molecule has 0 spiro atoms. The summed E-state index contributed by atoms with van der Waals surface area (Å²) in [5.41, 5.74) is 16.3. The largest absolute Gasteiger partial charge is 0.0722 e. The zero-order valence-electron chi connectivity index (χ0n) is 23.7. The van der Waals surface area contributed by atoms with Crippen molar-refractivity contribution in [3.63, 3.8) is 0 Å². The Morgan fingerprint density at radius 2 is 1.31 bits per heavy atom. The van der Waals surface area contributed by atoms with Gasteiger partial charge in [0.2, 0.25) is 0 Å². The van der Waals surface area contributed by atoms with Gasteiger partial charge in [-0.15, -0.1) is 0 Å². The predicted octanol–water partition coefficient (Wildman–Crippen LogP) is 9.75. The van der Waals surface area contributed by atoms with Gasteiger partial charge >= 0.3 is 0 Å².